The van der Waals surface area contributed by atoms with E-state index in [0.29, 0.717) is 13.0 Å². The average Bonchev–Trinajstić information content (AvgIpc) is 2.74. The SMILES string of the molecule is CN(C)c1ncc(CN2CCC3(CCC(=O)N(Cc4ccccn4)C3)CC2)cn1. The van der Waals surface area contributed by atoms with E-state index >= 15 is 0 Å². The molecule has 0 radical (unpaired) electrons. The van der Waals surface area contributed by atoms with Gasteiger partial charge in [-0.25, -0.2) is 9.97 Å². The van der Waals surface area contributed by atoms with Crippen LogP contribution in [-0.2, 0) is 17.9 Å². The summed E-state index contributed by atoms with van der Waals surface area (Å²) in [5.41, 5.74) is 2.38. The van der Waals surface area contributed by atoms with Crippen molar-refractivity contribution in [1.29, 1.82) is 0 Å². The minimum atomic E-state index is 0.254. The first-order valence-electron chi connectivity index (χ1n) is 10.4. The summed E-state index contributed by atoms with van der Waals surface area (Å²) in [6, 6.07) is 5.90. The van der Waals surface area contributed by atoms with Gasteiger partial charge < -0.3 is 9.80 Å². The molecule has 0 aromatic carbocycles. The van der Waals surface area contributed by atoms with Crippen LogP contribution in [0.4, 0.5) is 5.95 Å². The Morgan fingerprint density at radius 1 is 1.03 bits per heavy atom. The van der Waals surface area contributed by atoms with Crippen molar-refractivity contribution in [2.24, 2.45) is 5.41 Å². The van der Waals surface area contributed by atoms with Crippen LogP contribution in [0, 0.1) is 5.41 Å². The molecule has 1 amide bonds. The number of pyridine rings is 1. The standard InChI is InChI=1S/C22H30N6O/c1-26(2)21-24-13-18(14-25-21)15-27-11-8-22(9-12-27)7-6-20(29)28(17-22)16-19-5-3-4-10-23-19/h3-5,10,13-14H,6-9,11-12,15-17H2,1-2H3. The van der Waals surface area contributed by atoms with E-state index in [1.807, 2.05) is 54.5 Å². The summed E-state index contributed by atoms with van der Waals surface area (Å²) in [4.78, 5) is 32.1. The van der Waals surface area contributed by atoms with Gasteiger partial charge in [-0.05, 0) is 49.9 Å². The van der Waals surface area contributed by atoms with Crippen LogP contribution in [0.15, 0.2) is 36.8 Å². The maximum Gasteiger partial charge on any atom is 0.224 e. The van der Waals surface area contributed by atoms with Gasteiger partial charge in [0.2, 0.25) is 11.9 Å². The summed E-state index contributed by atoms with van der Waals surface area (Å²) in [6.45, 7) is 4.49. The number of carbonyl (C=O) groups is 1. The first-order valence-corrected chi connectivity index (χ1v) is 10.4. The molecule has 29 heavy (non-hydrogen) atoms. The summed E-state index contributed by atoms with van der Waals surface area (Å²) in [5.74, 6) is 1.01. The van der Waals surface area contributed by atoms with Crippen LogP contribution in [-0.4, -0.2) is 64.4 Å². The predicted octanol–water partition coefficient (Wildman–Crippen LogP) is 2.34. The molecule has 2 aliphatic heterocycles. The quantitative estimate of drug-likeness (QED) is 0.776. The Labute approximate surface area is 172 Å². The van der Waals surface area contributed by atoms with Crippen LogP contribution in [0.5, 0.6) is 0 Å². The number of amides is 1. The fourth-order valence-corrected chi connectivity index (χ4v) is 4.45. The number of aromatic nitrogens is 3. The number of nitrogens with zero attached hydrogens (tertiary/aromatic N) is 6. The molecule has 0 bridgehead atoms. The molecule has 1 spiro atoms. The largest absolute Gasteiger partial charge is 0.347 e. The Morgan fingerprint density at radius 2 is 1.79 bits per heavy atom. The Morgan fingerprint density at radius 3 is 2.45 bits per heavy atom. The second-order valence-corrected chi connectivity index (χ2v) is 8.63. The zero-order chi connectivity index (χ0) is 20.3. The van der Waals surface area contributed by atoms with Crippen molar-refractivity contribution in [2.75, 3.05) is 38.6 Å². The molecule has 0 saturated carbocycles. The molecule has 2 aromatic rings. The summed E-state index contributed by atoms with van der Waals surface area (Å²) >= 11 is 0. The lowest BCUT2D eigenvalue weighted by Gasteiger charge is -2.47. The van der Waals surface area contributed by atoms with Crippen LogP contribution >= 0.6 is 0 Å². The number of piperidine rings is 2. The van der Waals surface area contributed by atoms with Crippen molar-refractivity contribution in [3.05, 3.63) is 48.0 Å². The smallest absolute Gasteiger partial charge is 0.224 e. The summed E-state index contributed by atoms with van der Waals surface area (Å²) in [7, 11) is 3.90. The number of anilines is 1. The highest BCUT2D eigenvalue weighted by molar-refractivity contribution is 5.77. The van der Waals surface area contributed by atoms with Crippen molar-refractivity contribution in [3.63, 3.8) is 0 Å². The van der Waals surface area contributed by atoms with Gasteiger partial charge in [0, 0.05) is 57.8 Å². The minimum Gasteiger partial charge on any atom is -0.347 e. The van der Waals surface area contributed by atoms with E-state index in [0.717, 1.165) is 62.6 Å². The van der Waals surface area contributed by atoms with E-state index in [4.69, 9.17) is 0 Å². The number of likely N-dealkylation sites (tertiary alicyclic amines) is 2. The van der Waals surface area contributed by atoms with E-state index in [9.17, 15) is 4.79 Å². The van der Waals surface area contributed by atoms with Gasteiger partial charge >= 0.3 is 0 Å². The molecule has 2 aliphatic rings. The third-order valence-electron chi connectivity index (χ3n) is 6.24. The lowest BCUT2D eigenvalue weighted by molar-refractivity contribution is -0.140. The highest BCUT2D eigenvalue weighted by Gasteiger charge is 2.40. The van der Waals surface area contributed by atoms with Crippen LogP contribution in [0.2, 0.25) is 0 Å². The third-order valence-corrected chi connectivity index (χ3v) is 6.24. The lowest BCUT2D eigenvalue weighted by atomic mass is 9.72. The first-order chi connectivity index (χ1) is 14.0. The topological polar surface area (TPSA) is 65.5 Å². The van der Waals surface area contributed by atoms with Crippen LogP contribution in [0.25, 0.3) is 0 Å². The van der Waals surface area contributed by atoms with E-state index in [1.165, 1.54) is 0 Å². The maximum absolute atomic E-state index is 12.5. The average molecular weight is 395 g/mol. The van der Waals surface area contributed by atoms with Crippen LogP contribution < -0.4 is 4.90 Å². The molecular weight excluding hydrogens is 364 g/mol. The minimum absolute atomic E-state index is 0.254. The summed E-state index contributed by atoms with van der Waals surface area (Å²) < 4.78 is 0. The molecule has 0 aliphatic carbocycles. The predicted molar refractivity (Wildman–Crippen MR) is 112 cm³/mol. The van der Waals surface area contributed by atoms with Gasteiger partial charge in [-0.3, -0.25) is 14.7 Å². The van der Waals surface area contributed by atoms with E-state index in [-0.39, 0.29) is 11.3 Å². The highest BCUT2D eigenvalue weighted by Crippen LogP contribution is 2.40. The first kappa shape index (κ1) is 19.8. The van der Waals surface area contributed by atoms with E-state index in [2.05, 4.69) is 19.9 Å². The van der Waals surface area contributed by atoms with Crippen LogP contribution in [0.3, 0.4) is 0 Å². The third kappa shape index (κ3) is 4.72. The van der Waals surface area contributed by atoms with Gasteiger partial charge in [-0.1, -0.05) is 6.07 Å². The second-order valence-electron chi connectivity index (χ2n) is 8.63. The molecule has 2 fully saturated rings. The van der Waals surface area contributed by atoms with Crippen molar-refractivity contribution in [1.82, 2.24) is 24.8 Å². The van der Waals surface area contributed by atoms with Gasteiger partial charge in [0.05, 0.1) is 12.2 Å². The Hall–Kier alpha value is -2.54. The summed E-state index contributed by atoms with van der Waals surface area (Å²) in [6.07, 6.45) is 9.60. The van der Waals surface area contributed by atoms with Crippen LogP contribution in [0.1, 0.15) is 36.9 Å². The zero-order valence-corrected chi connectivity index (χ0v) is 17.4. The molecule has 2 aromatic heterocycles. The number of hydrogen-bond donors (Lipinski definition) is 0. The van der Waals surface area contributed by atoms with E-state index < -0.39 is 0 Å². The van der Waals surface area contributed by atoms with Gasteiger partial charge in [0.25, 0.3) is 0 Å². The maximum atomic E-state index is 12.5. The molecule has 0 unspecified atom stereocenters. The lowest BCUT2D eigenvalue weighted by Crippen LogP contribution is -2.51. The molecule has 154 valence electrons. The fraction of sp³-hybridized carbons (Fsp3) is 0.545. The Bertz CT molecular complexity index is 815. The van der Waals surface area contributed by atoms with Crippen molar-refractivity contribution < 1.29 is 4.79 Å². The monoisotopic (exact) mass is 394 g/mol. The molecule has 0 atom stereocenters. The molecule has 4 heterocycles. The Kier molecular flexibility index (Phi) is 5.76. The van der Waals surface area contributed by atoms with E-state index in [1.54, 1.807) is 6.20 Å². The molecule has 7 nitrogen and oxygen atoms in total. The summed E-state index contributed by atoms with van der Waals surface area (Å²) in [5, 5.41) is 0. The fourth-order valence-electron chi connectivity index (χ4n) is 4.45. The number of rotatable bonds is 5. The normalized spacial score (nSPS) is 19.5. The Balaban J connectivity index is 1.33. The number of hydrogen-bond acceptors (Lipinski definition) is 6. The van der Waals surface area contributed by atoms with Gasteiger partial charge in [-0.15, -0.1) is 0 Å². The van der Waals surface area contributed by atoms with Gasteiger partial charge in [0.15, 0.2) is 0 Å². The molecule has 2 saturated heterocycles. The van der Waals surface area contributed by atoms with Gasteiger partial charge in [-0.2, -0.15) is 0 Å². The zero-order valence-electron chi connectivity index (χ0n) is 17.4. The second kappa shape index (κ2) is 8.45. The van der Waals surface area contributed by atoms with Crippen molar-refractivity contribution >= 4 is 11.9 Å². The number of carbonyl (C=O) groups excluding carboxylic acids is 1. The highest BCUT2D eigenvalue weighted by atomic mass is 16.2. The molecular formula is C22H30N6O. The molecule has 7 heteroatoms. The molecule has 0 N–H and O–H groups in total. The van der Waals surface area contributed by atoms with Crippen molar-refractivity contribution in [2.45, 2.75) is 38.8 Å². The van der Waals surface area contributed by atoms with Crippen molar-refractivity contribution in [3.8, 4) is 0 Å². The molecule has 4 rings (SSSR count). The van der Waals surface area contributed by atoms with Gasteiger partial charge in [0.1, 0.15) is 0 Å².